The molecule has 1 unspecified atom stereocenters. The third-order valence-electron chi connectivity index (χ3n) is 2.97. The number of hydrogen-bond acceptors (Lipinski definition) is 4. The highest BCUT2D eigenvalue weighted by Crippen LogP contribution is 2.32. The molecule has 1 aromatic carbocycles. The van der Waals surface area contributed by atoms with Crippen LogP contribution in [0.3, 0.4) is 0 Å². The smallest absolute Gasteiger partial charge is 0.335 e. The lowest BCUT2D eigenvalue weighted by molar-refractivity contribution is -0.117. The standard InChI is InChI=1S/C11H9BrFNO5S/c12-8-3-6(11(16)17)1-2-9(8)14-5-7(4-10(14)15)20(13,18)19/h1-3,7H,4-5H2,(H,16,17). The Morgan fingerprint density at radius 2 is 2.10 bits per heavy atom. The van der Waals surface area contributed by atoms with E-state index < -0.39 is 33.8 Å². The van der Waals surface area contributed by atoms with Gasteiger partial charge in [-0.3, -0.25) is 4.79 Å². The van der Waals surface area contributed by atoms with Gasteiger partial charge in [-0.15, -0.1) is 3.89 Å². The molecule has 6 nitrogen and oxygen atoms in total. The molecule has 1 amide bonds. The molecular weight excluding hydrogens is 357 g/mol. The lowest BCUT2D eigenvalue weighted by atomic mass is 10.2. The quantitative estimate of drug-likeness (QED) is 0.820. The van der Waals surface area contributed by atoms with Gasteiger partial charge in [-0.2, -0.15) is 8.42 Å². The summed E-state index contributed by atoms with van der Waals surface area (Å²) in [6.45, 7) is -0.289. The number of carboxylic acids is 1. The van der Waals surface area contributed by atoms with E-state index >= 15 is 0 Å². The minimum atomic E-state index is -4.78. The molecule has 0 aromatic heterocycles. The zero-order valence-electron chi connectivity index (χ0n) is 9.92. The Morgan fingerprint density at radius 1 is 1.45 bits per heavy atom. The molecule has 20 heavy (non-hydrogen) atoms. The third kappa shape index (κ3) is 2.83. The maximum absolute atomic E-state index is 12.9. The molecule has 1 fully saturated rings. The van der Waals surface area contributed by atoms with Crippen LogP contribution in [0, 0.1) is 0 Å². The molecule has 1 aliphatic rings. The summed E-state index contributed by atoms with van der Waals surface area (Å²) in [4.78, 5) is 23.7. The van der Waals surface area contributed by atoms with Crippen molar-refractivity contribution in [1.29, 1.82) is 0 Å². The number of carboxylic acid groups (broad SMARTS) is 1. The average molecular weight is 366 g/mol. The third-order valence-corrected chi connectivity index (χ3v) is 4.72. The van der Waals surface area contributed by atoms with Crippen molar-refractivity contribution in [3.8, 4) is 0 Å². The van der Waals surface area contributed by atoms with Crippen molar-refractivity contribution in [3.05, 3.63) is 28.2 Å². The van der Waals surface area contributed by atoms with E-state index in [1.807, 2.05) is 0 Å². The number of amides is 1. The lowest BCUT2D eigenvalue weighted by Crippen LogP contribution is -2.27. The number of carbonyl (C=O) groups is 2. The second-order valence-corrected chi connectivity index (χ2v) is 6.75. The van der Waals surface area contributed by atoms with Gasteiger partial charge in [0, 0.05) is 17.4 Å². The highest BCUT2D eigenvalue weighted by molar-refractivity contribution is 9.10. The minimum absolute atomic E-state index is 0.0157. The van der Waals surface area contributed by atoms with Crippen molar-refractivity contribution in [2.75, 3.05) is 11.4 Å². The van der Waals surface area contributed by atoms with E-state index in [0.717, 1.165) is 4.90 Å². The van der Waals surface area contributed by atoms with E-state index in [0.29, 0.717) is 10.2 Å². The van der Waals surface area contributed by atoms with Crippen molar-refractivity contribution in [2.45, 2.75) is 11.7 Å². The summed E-state index contributed by atoms with van der Waals surface area (Å²) >= 11 is 3.12. The first-order chi connectivity index (χ1) is 9.20. The topological polar surface area (TPSA) is 91.8 Å². The largest absolute Gasteiger partial charge is 0.478 e. The van der Waals surface area contributed by atoms with E-state index in [2.05, 4.69) is 15.9 Å². The van der Waals surface area contributed by atoms with Crippen molar-refractivity contribution in [3.63, 3.8) is 0 Å². The summed E-state index contributed by atoms with van der Waals surface area (Å²) < 4.78 is 35.0. The zero-order chi connectivity index (χ0) is 15.1. The molecule has 1 N–H and O–H groups in total. The van der Waals surface area contributed by atoms with Gasteiger partial charge in [0.15, 0.2) is 0 Å². The second-order valence-electron chi connectivity index (χ2n) is 4.28. The van der Waals surface area contributed by atoms with Crippen LogP contribution in [0.1, 0.15) is 16.8 Å². The summed E-state index contributed by atoms with van der Waals surface area (Å²) in [5, 5.41) is 7.45. The molecule has 0 radical (unpaired) electrons. The Bertz CT molecular complexity index is 690. The summed E-state index contributed by atoms with van der Waals surface area (Å²) in [6.07, 6.45) is -0.425. The first-order valence-corrected chi connectivity index (χ1v) is 7.71. The number of rotatable bonds is 3. The summed E-state index contributed by atoms with van der Waals surface area (Å²) in [7, 11) is -4.78. The Morgan fingerprint density at radius 3 is 2.55 bits per heavy atom. The lowest BCUT2D eigenvalue weighted by Gasteiger charge is -2.18. The van der Waals surface area contributed by atoms with Gasteiger partial charge in [0.05, 0.1) is 11.3 Å². The highest BCUT2D eigenvalue weighted by atomic mass is 79.9. The molecule has 1 heterocycles. The number of benzene rings is 1. The molecule has 108 valence electrons. The minimum Gasteiger partial charge on any atom is -0.478 e. The van der Waals surface area contributed by atoms with E-state index in [1.165, 1.54) is 18.2 Å². The van der Waals surface area contributed by atoms with Gasteiger partial charge in [0.1, 0.15) is 5.25 Å². The summed E-state index contributed by atoms with van der Waals surface area (Å²) in [5.74, 6) is -1.66. The van der Waals surface area contributed by atoms with Gasteiger partial charge < -0.3 is 10.0 Å². The second kappa shape index (κ2) is 5.13. The molecule has 1 atom stereocenters. The number of carbonyl (C=O) groups excluding carboxylic acids is 1. The molecule has 9 heteroatoms. The van der Waals surface area contributed by atoms with Crippen LogP contribution < -0.4 is 4.90 Å². The molecule has 1 aromatic rings. The van der Waals surface area contributed by atoms with Crippen LogP contribution in [-0.2, 0) is 15.0 Å². The fourth-order valence-corrected chi connectivity index (χ4v) is 3.22. The summed E-state index contributed by atoms with van der Waals surface area (Å²) in [5.41, 5.74) is 0.327. The van der Waals surface area contributed by atoms with Gasteiger partial charge in [0.2, 0.25) is 5.91 Å². The van der Waals surface area contributed by atoms with Crippen LogP contribution in [0.15, 0.2) is 22.7 Å². The first-order valence-electron chi connectivity index (χ1n) is 5.47. The van der Waals surface area contributed by atoms with Crippen LogP contribution in [0.5, 0.6) is 0 Å². The van der Waals surface area contributed by atoms with E-state index in [4.69, 9.17) is 5.11 Å². The van der Waals surface area contributed by atoms with E-state index in [9.17, 15) is 21.9 Å². The van der Waals surface area contributed by atoms with Crippen LogP contribution in [0.4, 0.5) is 9.57 Å². The Kier molecular flexibility index (Phi) is 3.83. The number of halogens is 2. The van der Waals surface area contributed by atoms with E-state index in [1.54, 1.807) is 0 Å². The predicted molar refractivity (Wildman–Crippen MR) is 71.9 cm³/mol. The average Bonchev–Trinajstić information content (AvgIpc) is 2.71. The van der Waals surface area contributed by atoms with Crippen molar-refractivity contribution < 1.29 is 27.0 Å². The van der Waals surface area contributed by atoms with Gasteiger partial charge >= 0.3 is 16.2 Å². The maximum atomic E-state index is 12.9. The Hall–Kier alpha value is -1.48. The molecule has 1 aliphatic heterocycles. The summed E-state index contributed by atoms with van der Waals surface area (Å²) in [6, 6.07) is 3.95. The fraction of sp³-hybridized carbons (Fsp3) is 0.273. The molecule has 2 rings (SSSR count). The van der Waals surface area contributed by atoms with Crippen molar-refractivity contribution in [1.82, 2.24) is 0 Å². The van der Waals surface area contributed by atoms with Crippen molar-refractivity contribution in [2.24, 2.45) is 0 Å². The van der Waals surface area contributed by atoms with Crippen molar-refractivity contribution >= 4 is 43.7 Å². The molecular formula is C11H9BrFNO5S. The Labute approximate surface area is 122 Å². The van der Waals surface area contributed by atoms with Gasteiger partial charge in [-0.25, -0.2) is 4.79 Å². The van der Waals surface area contributed by atoms with Gasteiger partial charge in [0.25, 0.3) is 0 Å². The van der Waals surface area contributed by atoms with Crippen LogP contribution in [0.25, 0.3) is 0 Å². The maximum Gasteiger partial charge on any atom is 0.335 e. The number of hydrogen-bond donors (Lipinski definition) is 1. The van der Waals surface area contributed by atoms with E-state index in [-0.39, 0.29) is 12.1 Å². The first kappa shape index (κ1) is 14.9. The van der Waals surface area contributed by atoms with Crippen LogP contribution in [-0.4, -0.2) is 37.2 Å². The zero-order valence-corrected chi connectivity index (χ0v) is 12.3. The number of aromatic carboxylic acids is 1. The van der Waals surface area contributed by atoms with Crippen LogP contribution in [0.2, 0.25) is 0 Å². The predicted octanol–water partition coefficient (Wildman–Crippen LogP) is 1.55. The van der Waals surface area contributed by atoms with Gasteiger partial charge in [-0.1, -0.05) is 0 Å². The molecule has 0 spiro atoms. The Balaban J connectivity index is 2.33. The monoisotopic (exact) mass is 365 g/mol. The molecule has 0 saturated carbocycles. The number of nitrogens with zero attached hydrogens (tertiary/aromatic N) is 1. The molecule has 0 bridgehead atoms. The number of anilines is 1. The fourth-order valence-electron chi connectivity index (χ4n) is 1.96. The molecule has 0 aliphatic carbocycles. The normalized spacial score (nSPS) is 19.4. The molecule has 1 saturated heterocycles. The highest BCUT2D eigenvalue weighted by Gasteiger charge is 2.39. The SMILES string of the molecule is O=C(O)c1ccc(N2CC(S(=O)(=O)F)CC2=O)c(Br)c1. The van der Waals surface area contributed by atoms with Gasteiger partial charge in [-0.05, 0) is 34.1 Å². The van der Waals surface area contributed by atoms with Crippen LogP contribution >= 0.6 is 15.9 Å².